The van der Waals surface area contributed by atoms with Crippen LogP contribution in [0.15, 0.2) is 59.6 Å². The third-order valence-corrected chi connectivity index (χ3v) is 7.44. The number of ether oxygens (including phenoxy) is 2. The van der Waals surface area contributed by atoms with Crippen molar-refractivity contribution in [2.24, 2.45) is 5.14 Å². The molecule has 0 bridgehead atoms. The number of nitrogens with zero attached hydrogens (tertiary/aromatic N) is 2. The standard InChI is InChI=1S/C23H22ClN3O5S/c1-31-18-7-4-15(13-20(18)33(25,29)30)22(28)26-11-8-23(9-12-26)21-3-2-10-27(21)17-6-5-16(24)14-19(17)32-23/h2-7,10,13-14H,8-9,11-12H2,1H3,(H2,25,29,30). The number of hydrogen-bond acceptors (Lipinski definition) is 5. The van der Waals surface area contributed by atoms with Crippen LogP contribution >= 0.6 is 11.6 Å². The quantitative estimate of drug-likeness (QED) is 0.610. The highest BCUT2D eigenvalue weighted by molar-refractivity contribution is 7.89. The molecule has 1 spiro atoms. The summed E-state index contributed by atoms with van der Waals surface area (Å²) in [6.07, 6.45) is 3.15. The van der Waals surface area contributed by atoms with E-state index in [9.17, 15) is 13.2 Å². The van der Waals surface area contributed by atoms with Gasteiger partial charge in [0.15, 0.2) is 5.60 Å². The number of piperidine rings is 1. The number of rotatable bonds is 3. The van der Waals surface area contributed by atoms with Crippen molar-refractivity contribution in [1.82, 2.24) is 9.47 Å². The van der Waals surface area contributed by atoms with Gasteiger partial charge >= 0.3 is 0 Å². The van der Waals surface area contributed by atoms with Gasteiger partial charge in [-0.2, -0.15) is 0 Å². The number of primary sulfonamides is 1. The zero-order chi connectivity index (χ0) is 23.4. The number of halogens is 1. The van der Waals surface area contributed by atoms with Crippen molar-refractivity contribution in [2.75, 3.05) is 20.2 Å². The van der Waals surface area contributed by atoms with Crippen molar-refractivity contribution in [2.45, 2.75) is 23.3 Å². The fourth-order valence-corrected chi connectivity index (χ4v) is 5.52. The first-order valence-corrected chi connectivity index (χ1v) is 12.3. The third kappa shape index (κ3) is 3.66. The summed E-state index contributed by atoms with van der Waals surface area (Å²) in [5, 5.41) is 5.89. The van der Waals surface area contributed by atoms with Crippen LogP contribution in [-0.2, 0) is 15.6 Å². The Hall–Kier alpha value is -3.01. The van der Waals surface area contributed by atoms with Gasteiger partial charge in [-0.1, -0.05) is 11.6 Å². The van der Waals surface area contributed by atoms with Crippen LogP contribution < -0.4 is 14.6 Å². The molecule has 2 N–H and O–H groups in total. The van der Waals surface area contributed by atoms with Gasteiger partial charge in [0.05, 0.1) is 18.5 Å². The number of fused-ring (bicyclic) bond motifs is 4. The summed E-state index contributed by atoms with van der Waals surface area (Å²) in [6.45, 7) is 0.882. The summed E-state index contributed by atoms with van der Waals surface area (Å²) < 4.78 is 37.5. The molecule has 0 saturated carbocycles. The number of amides is 1. The van der Waals surface area contributed by atoms with Gasteiger partial charge in [0, 0.05) is 48.8 Å². The fraction of sp³-hybridized carbons (Fsp3) is 0.261. The molecule has 0 atom stereocenters. The average molecular weight is 488 g/mol. The number of carbonyl (C=O) groups excluding carboxylic acids is 1. The topological polar surface area (TPSA) is 104 Å². The van der Waals surface area contributed by atoms with Crippen LogP contribution in [0, 0.1) is 0 Å². The van der Waals surface area contributed by atoms with E-state index in [1.165, 1.54) is 19.2 Å². The van der Waals surface area contributed by atoms with Gasteiger partial charge in [-0.25, -0.2) is 13.6 Å². The molecule has 0 unspecified atom stereocenters. The summed E-state index contributed by atoms with van der Waals surface area (Å²) in [7, 11) is -2.69. The number of carbonyl (C=O) groups is 1. The Morgan fingerprint density at radius 3 is 2.61 bits per heavy atom. The normalized spacial score (nSPS) is 16.6. The van der Waals surface area contributed by atoms with Crippen molar-refractivity contribution in [1.29, 1.82) is 0 Å². The van der Waals surface area contributed by atoms with E-state index in [-0.39, 0.29) is 22.1 Å². The fourth-order valence-electron chi connectivity index (χ4n) is 4.64. The van der Waals surface area contributed by atoms with E-state index in [1.54, 1.807) is 11.0 Å². The first-order chi connectivity index (χ1) is 15.7. The Balaban J connectivity index is 1.41. The predicted molar refractivity (Wildman–Crippen MR) is 123 cm³/mol. The molecular weight excluding hydrogens is 466 g/mol. The van der Waals surface area contributed by atoms with E-state index in [1.807, 2.05) is 36.5 Å². The maximum atomic E-state index is 13.2. The van der Waals surface area contributed by atoms with Crippen LogP contribution in [0.1, 0.15) is 28.9 Å². The lowest BCUT2D eigenvalue weighted by Crippen LogP contribution is -2.50. The Labute approximate surface area is 196 Å². The number of sulfonamides is 1. The van der Waals surface area contributed by atoms with Gasteiger partial charge in [0.1, 0.15) is 16.4 Å². The molecule has 1 saturated heterocycles. The highest BCUT2D eigenvalue weighted by Crippen LogP contribution is 2.45. The van der Waals surface area contributed by atoms with Gasteiger partial charge in [-0.05, 0) is 42.5 Å². The number of likely N-dealkylation sites (tertiary alicyclic amines) is 1. The third-order valence-electron chi connectivity index (χ3n) is 6.28. The molecule has 1 aromatic heterocycles. The van der Waals surface area contributed by atoms with Crippen molar-refractivity contribution in [3.63, 3.8) is 0 Å². The Kier molecular flexibility index (Phi) is 5.15. The molecule has 2 aromatic carbocycles. The van der Waals surface area contributed by atoms with Gasteiger partial charge in [-0.3, -0.25) is 4.79 Å². The zero-order valence-electron chi connectivity index (χ0n) is 17.8. The molecule has 33 heavy (non-hydrogen) atoms. The predicted octanol–water partition coefficient (Wildman–Crippen LogP) is 3.31. The Bertz CT molecular complexity index is 1360. The highest BCUT2D eigenvalue weighted by atomic mass is 35.5. The molecule has 10 heteroatoms. The lowest BCUT2D eigenvalue weighted by molar-refractivity contribution is -0.00930. The second-order valence-electron chi connectivity index (χ2n) is 8.17. The SMILES string of the molecule is COc1ccc(C(=O)N2CCC3(CC2)Oc2cc(Cl)ccc2-n2cccc23)cc1S(N)(=O)=O. The summed E-state index contributed by atoms with van der Waals surface area (Å²) in [5.74, 6) is 0.534. The van der Waals surface area contributed by atoms with Gasteiger partial charge in [-0.15, -0.1) is 0 Å². The molecule has 0 aliphatic carbocycles. The van der Waals surface area contributed by atoms with Crippen LogP contribution in [0.2, 0.25) is 5.02 Å². The van der Waals surface area contributed by atoms with E-state index in [0.717, 1.165) is 11.4 Å². The van der Waals surface area contributed by atoms with E-state index < -0.39 is 15.6 Å². The van der Waals surface area contributed by atoms with Crippen molar-refractivity contribution >= 4 is 27.5 Å². The highest BCUT2D eigenvalue weighted by Gasteiger charge is 2.44. The van der Waals surface area contributed by atoms with Crippen LogP contribution in [0.3, 0.4) is 0 Å². The van der Waals surface area contributed by atoms with E-state index >= 15 is 0 Å². The lowest BCUT2D eigenvalue weighted by atomic mass is 9.86. The van der Waals surface area contributed by atoms with Crippen molar-refractivity contribution in [3.8, 4) is 17.2 Å². The summed E-state index contributed by atoms with van der Waals surface area (Å²) in [5.41, 5.74) is 1.62. The first-order valence-electron chi connectivity index (χ1n) is 10.4. The average Bonchev–Trinajstić information content (AvgIpc) is 3.29. The minimum Gasteiger partial charge on any atom is -0.495 e. The number of hydrogen-bond donors (Lipinski definition) is 1. The van der Waals surface area contributed by atoms with Gasteiger partial charge in [0.25, 0.3) is 5.91 Å². The molecular formula is C23H22ClN3O5S. The van der Waals surface area contributed by atoms with E-state index in [4.69, 9.17) is 26.2 Å². The lowest BCUT2D eigenvalue weighted by Gasteiger charge is -2.45. The maximum Gasteiger partial charge on any atom is 0.253 e. The second-order valence-corrected chi connectivity index (χ2v) is 10.1. The molecule has 8 nitrogen and oxygen atoms in total. The number of nitrogens with two attached hydrogens (primary N) is 1. The largest absolute Gasteiger partial charge is 0.495 e. The van der Waals surface area contributed by atoms with E-state index in [2.05, 4.69) is 4.57 Å². The molecule has 3 heterocycles. The van der Waals surface area contributed by atoms with Crippen LogP contribution in [0.25, 0.3) is 5.69 Å². The molecule has 1 amide bonds. The smallest absolute Gasteiger partial charge is 0.253 e. The molecule has 2 aliphatic rings. The molecule has 5 rings (SSSR count). The molecule has 0 radical (unpaired) electrons. The molecule has 172 valence electrons. The van der Waals surface area contributed by atoms with E-state index in [0.29, 0.717) is 36.7 Å². The van der Waals surface area contributed by atoms with Crippen LogP contribution in [0.4, 0.5) is 0 Å². The second kappa shape index (κ2) is 7.79. The van der Waals surface area contributed by atoms with Crippen LogP contribution in [-0.4, -0.2) is 44.0 Å². The summed E-state index contributed by atoms with van der Waals surface area (Å²) >= 11 is 6.20. The van der Waals surface area contributed by atoms with Crippen molar-refractivity contribution < 1.29 is 22.7 Å². The minimum absolute atomic E-state index is 0.0975. The molecule has 2 aliphatic heterocycles. The number of aromatic nitrogens is 1. The first kappa shape index (κ1) is 21.8. The van der Waals surface area contributed by atoms with Gasteiger partial charge in [0.2, 0.25) is 10.0 Å². The van der Waals surface area contributed by atoms with Crippen molar-refractivity contribution in [3.05, 3.63) is 71.0 Å². The Morgan fingerprint density at radius 2 is 1.91 bits per heavy atom. The Morgan fingerprint density at radius 1 is 1.15 bits per heavy atom. The molecule has 3 aromatic rings. The minimum atomic E-state index is -4.04. The zero-order valence-corrected chi connectivity index (χ0v) is 19.4. The van der Waals surface area contributed by atoms with Crippen LogP contribution in [0.5, 0.6) is 11.5 Å². The molecule has 1 fully saturated rings. The summed E-state index contributed by atoms with van der Waals surface area (Å²) in [4.78, 5) is 14.7. The maximum absolute atomic E-state index is 13.2. The number of methoxy groups -OCH3 is 1. The number of benzene rings is 2. The monoisotopic (exact) mass is 487 g/mol. The summed E-state index contributed by atoms with van der Waals surface area (Å²) in [6, 6.07) is 13.8. The van der Waals surface area contributed by atoms with Gasteiger partial charge < -0.3 is 18.9 Å².